The van der Waals surface area contributed by atoms with Gasteiger partial charge in [-0.05, 0) is 31.0 Å². The number of aliphatic hydroxyl groups is 1. The maximum absolute atomic E-state index is 12.7. The fourth-order valence-corrected chi connectivity index (χ4v) is 7.91. The Balaban J connectivity index is 1.79. The van der Waals surface area contributed by atoms with Gasteiger partial charge in [-0.2, -0.15) is 0 Å². The highest BCUT2D eigenvalue weighted by Gasteiger charge is 2.78. The average molecular weight is 485 g/mol. The summed E-state index contributed by atoms with van der Waals surface area (Å²) in [7, 11) is 3.61. The molecule has 1 spiro atoms. The van der Waals surface area contributed by atoms with E-state index in [1.54, 1.807) is 14.0 Å². The zero-order chi connectivity index (χ0) is 25.2. The van der Waals surface area contributed by atoms with Crippen LogP contribution in [-0.4, -0.2) is 79.6 Å². The Labute approximate surface area is 206 Å². The van der Waals surface area contributed by atoms with E-state index >= 15 is 0 Å². The molecule has 1 aliphatic carbocycles. The first-order valence-electron chi connectivity index (χ1n) is 12.6. The Morgan fingerprint density at radius 1 is 1.23 bits per heavy atom. The maximum Gasteiger partial charge on any atom is 0.305 e. The van der Waals surface area contributed by atoms with E-state index in [1.165, 1.54) is 6.92 Å². The summed E-state index contributed by atoms with van der Waals surface area (Å²) in [5, 5.41) is 12.7. The molecular weight excluding hydrogens is 448 g/mol. The van der Waals surface area contributed by atoms with Gasteiger partial charge in [0.05, 0.1) is 13.2 Å². The molecule has 35 heavy (non-hydrogen) atoms. The summed E-state index contributed by atoms with van der Waals surface area (Å²) in [6.07, 6.45) is 5.09. The molecular formula is C27H36N2O6. The normalized spacial score (nSPS) is 36.9. The van der Waals surface area contributed by atoms with Gasteiger partial charge in [-0.3, -0.25) is 14.5 Å². The number of carbonyl (C=O) groups is 2. The van der Waals surface area contributed by atoms with Crippen LogP contribution >= 0.6 is 0 Å². The van der Waals surface area contributed by atoms with Gasteiger partial charge in [0, 0.05) is 55.6 Å². The van der Waals surface area contributed by atoms with E-state index in [4.69, 9.17) is 14.2 Å². The number of hydrogen-bond acceptors (Lipinski definition) is 8. The number of anilines is 1. The Morgan fingerprint density at radius 3 is 2.66 bits per heavy atom. The van der Waals surface area contributed by atoms with Gasteiger partial charge >= 0.3 is 11.9 Å². The van der Waals surface area contributed by atoms with Crippen molar-refractivity contribution in [2.45, 2.75) is 69.2 Å². The van der Waals surface area contributed by atoms with Crippen molar-refractivity contribution in [2.24, 2.45) is 5.41 Å². The molecule has 0 amide bonds. The van der Waals surface area contributed by atoms with Crippen LogP contribution in [0.15, 0.2) is 30.4 Å². The molecule has 4 aliphatic rings. The number of benzene rings is 1. The Bertz CT molecular complexity index is 1070. The summed E-state index contributed by atoms with van der Waals surface area (Å²) in [5.74, 6) is -0.115. The Morgan fingerprint density at radius 2 is 2.00 bits per heavy atom. The van der Waals surface area contributed by atoms with Gasteiger partial charge in [-0.15, -0.1) is 0 Å². The first kappa shape index (κ1) is 24.1. The number of likely N-dealkylation sites (N-methyl/N-ethyl adjacent to an activating group) is 1. The van der Waals surface area contributed by atoms with E-state index in [2.05, 4.69) is 34.9 Å². The van der Waals surface area contributed by atoms with Crippen LogP contribution in [0, 0.1) is 5.41 Å². The molecule has 2 fully saturated rings. The van der Waals surface area contributed by atoms with E-state index in [-0.39, 0.29) is 19.1 Å². The van der Waals surface area contributed by atoms with Crippen LogP contribution in [0.5, 0.6) is 5.75 Å². The quantitative estimate of drug-likeness (QED) is 0.487. The lowest BCUT2D eigenvalue weighted by atomic mass is 9.48. The monoisotopic (exact) mass is 484 g/mol. The lowest BCUT2D eigenvalue weighted by Gasteiger charge is -2.64. The van der Waals surface area contributed by atoms with Crippen molar-refractivity contribution in [3.8, 4) is 5.75 Å². The number of fused-ring (bicyclic) bond motifs is 1. The summed E-state index contributed by atoms with van der Waals surface area (Å²) in [4.78, 5) is 29.3. The predicted octanol–water partition coefficient (Wildman–Crippen LogP) is 2.42. The summed E-state index contributed by atoms with van der Waals surface area (Å²) < 4.78 is 17.2. The van der Waals surface area contributed by atoms with Gasteiger partial charge in [0.15, 0.2) is 5.60 Å². The highest BCUT2D eigenvalue weighted by molar-refractivity contribution is 5.72. The highest BCUT2D eigenvalue weighted by atomic mass is 16.6. The van der Waals surface area contributed by atoms with Gasteiger partial charge in [0.1, 0.15) is 18.5 Å². The summed E-state index contributed by atoms with van der Waals surface area (Å²) in [6, 6.07) is 5.66. The fourth-order valence-electron chi connectivity index (χ4n) is 7.91. The minimum atomic E-state index is -1.64. The topological polar surface area (TPSA) is 88.5 Å². The molecule has 0 aromatic heterocycles. The van der Waals surface area contributed by atoms with Crippen LogP contribution in [0.2, 0.25) is 0 Å². The molecule has 3 heterocycles. The van der Waals surface area contributed by atoms with Crippen molar-refractivity contribution in [1.82, 2.24) is 4.90 Å². The third kappa shape index (κ3) is 3.05. The SMILES string of the molecule is CCC(=O)OC[C@@]1(O)[C@H](OC(C)=O)[C@]2(CC)C=CCN3CC[C@@]4(c5ccc(OC)cc5N(C)[C@@H]14)[C@@H]32. The van der Waals surface area contributed by atoms with Crippen molar-refractivity contribution in [1.29, 1.82) is 0 Å². The largest absolute Gasteiger partial charge is 0.497 e. The first-order valence-corrected chi connectivity index (χ1v) is 12.6. The first-order chi connectivity index (χ1) is 16.7. The molecule has 8 nitrogen and oxygen atoms in total. The molecule has 6 atom stereocenters. The number of rotatable bonds is 6. The third-order valence-corrected chi connectivity index (χ3v) is 8.97. The van der Waals surface area contributed by atoms with E-state index in [0.29, 0.717) is 6.42 Å². The smallest absolute Gasteiger partial charge is 0.305 e. The zero-order valence-corrected chi connectivity index (χ0v) is 21.2. The number of esters is 2. The number of ether oxygens (including phenoxy) is 3. The van der Waals surface area contributed by atoms with Crippen molar-refractivity contribution >= 4 is 17.6 Å². The lowest BCUT2D eigenvalue weighted by Crippen LogP contribution is -2.80. The van der Waals surface area contributed by atoms with Crippen molar-refractivity contribution in [3.05, 3.63) is 35.9 Å². The van der Waals surface area contributed by atoms with Crippen LogP contribution in [0.4, 0.5) is 5.69 Å². The van der Waals surface area contributed by atoms with Crippen molar-refractivity contribution < 1.29 is 28.9 Å². The standard InChI is InChI=1S/C27H36N2O6/c1-6-21(31)34-16-27(32)23-26(19-10-9-18(33-5)15-20(19)28(23)4)12-14-29-13-8-11-25(7-2,22(26)29)24(27)35-17(3)30/h8-11,15,22-24,32H,6-7,12-14,16H2,1-5H3/t22-,23+,24+,25+,26+,27-/m0/s1. The molecule has 190 valence electrons. The van der Waals surface area contributed by atoms with Crippen LogP contribution < -0.4 is 9.64 Å². The van der Waals surface area contributed by atoms with Crippen molar-refractivity contribution in [2.75, 3.05) is 38.8 Å². The van der Waals surface area contributed by atoms with Crippen molar-refractivity contribution in [3.63, 3.8) is 0 Å². The number of hydrogen-bond donors (Lipinski definition) is 1. The average Bonchev–Trinajstić information content (AvgIpc) is 3.36. The molecule has 0 radical (unpaired) electrons. The minimum absolute atomic E-state index is 0.0126. The molecule has 3 aliphatic heterocycles. The second-order valence-electron chi connectivity index (χ2n) is 10.4. The Kier molecular flexibility index (Phi) is 5.68. The van der Waals surface area contributed by atoms with Gasteiger partial charge in [0.25, 0.3) is 0 Å². The van der Waals surface area contributed by atoms with Crippen LogP contribution in [0.3, 0.4) is 0 Å². The second kappa shape index (κ2) is 8.23. The molecule has 5 rings (SSSR count). The molecule has 1 saturated heterocycles. The van der Waals surface area contributed by atoms with Gasteiger partial charge < -0.3 is 24.2 Å². The van der Waals surface area contributed by atoms with Gasteiger partial charge in [-0.1, -0.05) is 32.1 Å². The molecule has 0 bridgehead atoms. The molecule has 0 unspecified atom stereocenters. The lowest BCUT2D eigenvalue weighted by molar-refractivity contribution is -0.232. The maximum atomic E-state index is 12.7. The minimum Gasteiger partial charge on any atom is -0.497 e. The predicted molar refractivity (Wildman–Crippen MR) is 130 cm³/mol. The van der Waals surface area contributed by atoms with E-state index in [1.807, 2.05) is 19.2 Å². The molecule has 1 saturated carbocycles. The molecule has 8 heteroatoms. The third-order valence-electron chi connectivity index (χ3n) is 8.97. The molecule has 1 aromatic rings. The van der Waals surface area contributed by atoms with Crippen LogP contribution in [0.1, 0.15) is 45.6 Å². The molecule has 1 N–H and O–H groups in total. The van der Waals surface area contributed by atoms with E-state index < -0.39 is 40.5 Å². The zero-order valence-electron chi connectivity index (χ0n) is 21.2. The van der Waals surface area contributed by atoms with Crippen LogP contribution in [0.25, 0.3) is 0 Å². The fraction of sp³-hybridized carbons (Fsp3) is 0.630. The number of carbonyl (C=O) groups excluding carboxylic acids is 2. The molecule has 1 aromatic carbocycles. The number of nitrogens with zero attached hydrogens (tertiary/aromatic N) is 2. The summed E-state index contributed by atoms with van der Waals surface area (Å²) >= 11 is 0. The number of methoxy groups -OCH3 is 1. The van der Waals surface area contributed by atoms with Gasteiger partial charge in [0.2, 0.25) is 0 Å². The second-order valence-corrected chi connectivity index (χ2v) is 10.4. The van der Waals surface area contributed by atoms with Gasteiger partial charge in [-0.25, -0.2) is 0 Å². The van der Waals surface area contributed by atoms with Crippen LogP contribution in [-0.2, 0) is 24.5 Å². The summed E-state index contributed by atoms with van der Waals surface area (Å²) in [5.41, 5.74) is -0.581. The van der Waals surface area contributed by atoms with E-state index in [0.717, 1.165) is 36.5 Å². The van der Waals surface area contributed by atoms with E-state index in [9.17, 15) is 14.7 Å². The highest BCUT2D eigenvalue weighted by Crippen LogP contribution is 2.67. The Hall–Kier alpha value is -2.58. The summed E-state index contributed by atoms with van der Waals surface area (Å²) in [6.45, 7) is 6.62.